The molecular weight excluding hydrogens is 326 g/mol. The maximum Gasteiger partial charge on any atom is 0.322 e. The number of hydrogen-bond acceptors (Lipinski definition) is 3. The number of fused-ring (bicyclic) bond motifs is 1. The number of carbonyl (C=O) groups excluding carboxylic acids is 1. The second-order valence-electron chi connectivity index (χ2n) is 6.64. The molecular formula is C21H21N3O2. The van der Waals surface area contributed by atoms with Crippen LogP contribution in [0.5, 0.6) is 0 Å². The minimum Gasteiger partial charge on any atom is -0.387 e. The van der Waals surface area contributed by atoms with Crippen molar-refractivity contribution in [3.63, 3.8) is 0 Å². The topological polar surface area (TPSA) is 65.5 Å². The smallest absolute Gasteiger partial charge is 0.322 e. The molecule has 3 aromatic rings. The van der Waals surface area contributed by atoms with Gasteiger partial charge in [-0.05, 0) is 30.5 Å². The predicted molar refractivity (Wildman–Crippen MR) is 102 cm³/mol. The Kier molecular flexibility index (Phi) is 4.54. The van der Waals surface area contributed by atoms with E-state index >= 15 is 0 Å². The van der Waals surface area contributed by atoms with E-state index in [-0.39, 0.29) is 18.6 Å². The van der Waals surface area contributed by atoms with Crippen LogP contribution in [0.15, 0.2) is 67.0 Å². The van der Waals surface area contributed by atoms with Gasteiger partial charge in [-0.3, -0.25) is 4.98 Å². The van der Waals surface area contributed by atoms with E-state index in [9.17, 15) is 9.90 Å². The van der Waals surface area contributed by atoms with Crippen LogP contribution in [0.2, 0.25) is 0 Å². The fourth-order valence-electron chi connectivity index (χ4n) is 3.17. The van der Waals surface area contributed by atoms with E-state index in [0.717, 1.165) is 34.9 Å². The average molecular weight is 347 g/mol. The van der Waals surface area contributed by atoms with E-state index in [1.807, 2.05) is 54.6 Å². The van der Waals surface area contributed by atoms with Crippen LogP contribution in [-0.2, 0) is 0 Å². The maximum atomic E-state index is 12.9. The number of carbonyl (C=O) groups is 1. The van der Waals surface area contributed by atoms with Gasteiger partial charge in [0, 0.05) is 29.2 Å². The van der Waals surface area contributed by atoms with Crippen LogP contribution >= 0.6 is 0 Å². The van der Waals surface area contributed by atoms with Crippen LogP contribution < -0.4 is 5.32 Å². The summed E-state index contributed by atoms with van der Waals surface area (Å²) in [5.41, 5.74) is 1.58. The fraction of sp³-hybridized carbons (Fsp3) is 0.238. The molecule has 5 nitrogen and oxygen atoms in total. The quantitative estimate of drug-likeness (QED) is 0.734. The molecule has 26 heavy (non-hydrogen) atoms. The van der Waals surface area contributed by atoms with E-state index in [4.69, 9.17) is 0 Å². The van der Waals surface area contributed by atoms with Crippen molar-refractivity contribution < 1.29 is 9.90 Å². The summed E-state index contributed by atoms with van der Waals surface area (Å²) >= 11 is 0. The molecule has 2 aromatic carbocycles. The number of pyridine rings is 1. The maximum absolute atomic E-state index is 12.9. The predicted octanol–water partition coefficient (Wildman–Crippen LogP) is 3.96. The average Bonchev–Trinajstić information content (AvgIpc) is 3.52. The molecule has 5 heteroatoms. The second-order valence-corrected chi connectivity index (χ2v) is 6.64. The van der Waals surface area contributed by atoms with Crippen molar-refractivity contribution >= 4 is 22.5 Å². The summed E-state index contributed by atoms with van der Waals surface area (Å²) in [6.07, 6.45) is 4.76. The molecule has 1 aliphatic rings. The third-order valence-electron chi connectivity index (χ3n) is 4.72. The summed E-state index contributed by atoms with van der Waals surface area (Å²) in [6, 6.07) is 17.1. The van der Waals surface area contributed by atoms with Gasteiger partial charge in [0.15, 0.2) is 0 Å². The SMILES string of the molecule is O=C(Nc1cccc2cnccc12)N(C[C@H](O)c1ccccc1)C1CC1. The Morgan fingerprint density at radius 3 is 2.73 bits per heavy atom. The molecule has 132 valence electrons. The third kappa shape index (κ3) is 3.53. The highest BCUT2D eigenvalue weighted by molar-refractivity contribution is 6.01. The number of rotatable bonds is 5. The Morgan fingerprint density at radius 1 is 1.15 bits per heavy atom. The monoisotopic (exact) mass is 347 g/mol. The molecule has 1 heterocycles. The number of nitrogens with one attached hydrogen (secondary N) is 1. The summed E-state index contributed by atoms with van der Waals surface area (Å²) < 4.78 is 0. The molecule has 0 aliphatic heterocycles. The van der Waals surface area contributed by atoms with Gasteiger partial charge < -0.3 is 15.3 Å². The Morgan fingerprint density at radius 2 is 1.96 bits per heavy atom. The zero-order valence-corrected chi connectivity index (χ0v) is 14.4. The molecule has 2 N–H and O–H groups in total. The molecule has 1 aromatic heterocycles. The normalized spacial score (nSPS) is 14.8. The first-order valence-electron chi connectivity index (χ1n) is 8.86. The zero-order chi connectivity index (χ0) is 17.9. The number of anilines is 1. The van der Waals surface area contributed by atoms with Crippen LogP contribution in [-0.4, -0.2) is 33.6 Å². The summed E-state index contributed by atoms with van der Waals surface area (Å²) in [5.74, 6) is 0. The van der Waals surface area contributed by atoms with Gasteiger partial charge in [-0.1, -0.05) is 42.5 Å². The highest BCUT2D eigenvalue weighted by Crippen LogP contribution is 2.30. The number of benzene rings is 2. The molecule has 1 atom stereocenters. The molecule has 0 spiro atoms. The van der Waals surface area contributed by atoms with Gasteiger partial charge in [0.1, 0.15) is 0 Å². The van der Waals surface area contributed by atoms with E-state index in [1.54, 1.807) is 17.3 Å². The minimum absolute atomic E-state index is 0.174. The summed E-state index contributed by atoms with van der Waals surface area (Å²) in [4.78, 5) is 18.8. The van der Waals surface area contributed by atoms with Gasteiger partial charge in [-0.25, -0.2) is 4.79 Å². The number of hydrogen-bond donors (Lipinski definition) is 2. The lowest BCUT2D eigenvalue weighted by molar-refractivity contribution is 0.123. The van der Waals surface area contributed by atoms with Crippen molar-refractivity contribution in [2.24, 2.45) is 0 Å². The van der Waals surface area contributed by atoms with Crippen molar-refractivity contribution in [1.82, 2.24) is 9.88 Å². The number of aliphatic hydroxyl groups is 1. The first-order chi connectivity index (χ1) is 12.7. The van der Waals surface area contributed by atoms with Gasteiger partial charge in [-0.15, -0.1) is 0 Å². The molecule has 1 fully saturated rings. The molecule has 1 aliphatic carbocycles. The summed E-state index contributed by atoms with van der Waals surface area (Å²) in [6.45, 7) is 0.285. The third-order valence-corrected chi connectivity index (χ3v) is 4.72. The molecule has 2 amide bonds. The Bertz CT molecular complexity index is 904. The van der Waals surface area contributed by atoms with Gasteiger partial charge in [-0.2, -0.15) is 0 Å². The van der Waals surface area contributed by atoms with Crippen LogP contribution in [0.4, 0.5) is 10.5 Å². The molecule has 0 radical (unpaired) electrons. The number of aromatic nitrogens is 1. The van der Waals surface area contributed by atoms with E-state index in [0.29, 0.717) is 0 Å². The van der Waals surface area contributed by atoms with E-state index < -0.39 is 6.10 Å². The Labute approximate surface area is 152 Å². The van der Waals surface area contributed by atoms with E-state index in [2.05, 4.69) is 10.3 Å². The number of nitrogens with zero attached hydrogens (tertiary/aromatic N) is 2. The van der Waals surface area contributed by atoms with Gasteiger partial charge in [0.2, 0.25) is 0 Å². The summed E-state index contributed by atoms with van der Waals surface area (Å²) in [5, 5.41) is 15.5. The molecule has 1 saturated carbocycles. The molecule has 0 bridgehead atoms. The number of amides is 2. The van der Waals surface area contributed by atoms with Crippen LogP contribution in [0.3, 0.4) is 0 Å². The first kappa shape index (κ1) is 16.5. The van der Waals surface area contributed by atoms with E-state index in [1.165, 1.54) is 0 Å². The Balaban J connectivity index is 1.52. The minimum atomic E-state index is -0.695. The number of aliphatic hydroxyl groups excluding tert-OH is 1. The molecule has 0 saturated heterocycles. The van der Waals surface area contributed by atoms with Gasteiger partial charge in [0.05, 0.1) is 18.3 Å². The highest BCUT2D eigenvalue weighted by atomic mass is 16.3. The molecule has 0 unspecified atom stereocenters. The lowest BCUT2D eigenvalue weighted by atomic mass is 10.1. The number of urea groups is 1. The standard InChI is InChI=1S/C21H21N3O2/c25-20(15-5-2-1-3-6-15)14-24(17-9-10-17)21(26)23-19-8-4-7-16-13-22-12-11-18(16)19/h1-8,11-13,17,20,25H,9-10,14H2,(H,23,26)/t20-/m0/s1. The van der Waals surface area contributed by atoms with Crippen LogP contribution in [0.25, 0.3) is 10.8 Å². The van der Waals surface area contributed by atoms with Crippen molar-refractivity contribution in [3.05, 3.63) is 72.6 Å². The lowest BCUT2D eigenvalue weighted by Gasteiger charge is -2.26. The second kappa shape index (κ2) is 7.14. The van der Waals surface area contributed by atoms with Crippen molar-refractivity contribution in [2.75, 3.05) is 11.9 Å². The van der Waals surface area contributed by atoms with Crippen LogP contribution in [0.1, 0.15) is 24.5 Å². The van der Waals surface area contributed by atoms with Crippen molar-refractivity contribution in [1.29, 1.82) is 0 Å². The molecule has 4 rings (SSSR count). The van der Waals surface area contributed by atoms with Gasteiger partial charge >= 0.3 is 6.03 Å². The highest BCUT2D eigenvalue weighted by Gasteiger charge is 2.34. The van der Waals surface area contributed by atoms with Crippen molar-refractivity contribution in [2.45, 2.75) is 25.0 Å². The Hall–Kier alpha value is -2.92. The zero-order valence-electron chi connectivity index (χ0n) is 14.4. The van der Waals surface area contributed by atoms with Crippen LogP contribution in [0, 0.1) is 0 Å². The first-order valence-corrected chi connectivity index (χ1v) is 8.86. The summed E-state index contributed by atoms with van der Waals surface area (Å²) in [7, 11) is 0. The van der Waals surface area contributed by atoms with Gasteiger partial charge in [0.25, 0.3) is 0 Å². The largest absolute Gasteiger partial charge is 0.387 e. The fourth-order valence-corrected chi connectivity index (χ4v) is 3.17. The van der Waals surface area contributed by atoms with Crippen molar-refractivity contribution in [3.8, 4) is 0 Å². The lowest BCUT2D eigenvalue weighted by Crippen LogP contribution is -2.39.